The predicted molar refractivity (Wildman–Crippen MR) is 59.6 cm³/mol. The lowest BCUT2D eigenvalue weighted by Crippen LogP contribution is -2.01. The van der Waals surface area contributed by atoms with Crippen LogP contribution in [0.1, 0.15) is 5.56 Å². The lowest BCUT2D eigenvalue weighted by molar-refractivity contribution is 1.43. The standard InChI is InChI=1S/C9H8Cl3N/c1-7-2-4-8(5-3-7)13-6-9(10,11)12/h2-6H,1H3. The third-order valence-electron chi connectivity index (χ3n) is 1.39. The Morgan fingerprint density at radius 2 is 1.69 bits per heavy atom. The van der Waals surface area contributed by atoms with E-state index >= 15 is 0 Å². The number of hydrogen-bond donors (Lipinski definition) is 0. The summed E-state index contributed by atoms with van der Waals surface area (Å²) in [5, 5.41) is 0. The number of aliphatic imine (C=N–C) groups is 1. The average molecular weight is 237 g/mol. The Morgan fingerprint density at radius 3 is 2.15 bits per heavy atom. The highest BCUT2D eigenvalue weighted by Gasteiger charge is 2.14. The van der Waals surface area contributed by atoms with Crippen LogP contribution >= 0.6 is 34.8 Å². The highest BCUT2D eigenvalue weighted by molar-refractivity contribution is 6.74. The molecule has 1 aromatic rings. The smallest absolute Gasteiger partial charge is 0.225 e. The van der Waals surface area contributed by atoms with Gasteiger partial charge in [0.2, 0.25) is 3.79 Å². The Morgan fingerprint density at radius 1 is 1.15 bits per heavy atom. The van der Waals surface area contributed by atoms with Crippen molar-refractivity contribution in [3.8, 4) is 0 Å². The van der Waals surface area contributed by atoms with Crippen molar-refractivity contribution in [2.75, 3.05) is 0 Å². The van der Waals surface area contributed by atoms with E-state index in [1.807, 2.05) is 31.2 Å². The first-order valence-corrected chi connectivity index (χ1v) is 4.79. The molecule has 1 nitrogen and oxygen atoms in total. The molecule has 0 saturated carbocycles. The van der Waals surface area contributed by atoms with Gasteiger partial charge in [-0.1, -0.05) is 52.5 Å². The number of alkyl halides is 3. The van der Waals surface area contributed by atoms with E-state index in [2.05, 4.69) is 4.99 Å². The first kappa shape index (κ1) is 10.8. The summed E-state index contributed by atoms with van der Waals surface area (Å²) in [6.45, 7) is 2.00. The van der Waals surface area contributed by atoms with Crippen LogP contribution in [0.4, 0.5) is 5.69 Å². The van der Waals surface area contributed by atoms with Crippen LogP contribution in [0, 0.1) is 6.92 Å². The maximum Gasteiger partial charge on any atom is 0.225 e. The van der Waals surface area contributed by atoms with E-state index in [1.54, 1.807) is 0 Å². The van der Waals surface area contributed by atoms with Crippen LogP contribution in [0.15, 0.2) is 29.3 Å². The van der Waals surface area contributed by atoms with Crippen molar-refractivity contribution in [3.63, 3.8) is 0 Å². The molecule has 0 aliphatic rings. The molecule has 0 atom stereocenters. The largest absolute Gasteiger partial charge is 0.257 e. The summed E-state index contributed by atoms with van der Waals surface area (Å²) in [4.78, 5) is 4.00. The Hall–Kier alpha value is -0.240. The highest BCUT2D eigenvalue weighted by Crippen LogP contribution is 2.24. The van der Waals surface area contributed by atoms with E-state index in [0.29, 0.717) is 0 Å². The minimum Gasteiger partial charge on any atom is -0.257 e. The van der Waals surface area contributed by atoms with Gasteiger partial charge in [0.1, 0.15) is 0 Å². The molecule has 0 saturated heterocycles. The molecule has 0 amide bonds. The first-order valence-electron chi connectivity index (χ1n) is 3.66. The van der Waals surface area contributed by atoms with Gasteiger partial charge in [-0.3, -0.25) is 4.99 Å². The first-order chi connectivity index (χ1) is 5.97. The molecule has 0 fully saturated rings. The fraction of sp³-hybridized carbons (Fsp3) is 0.222. The second kappa shape index (κ2) is 4.32. The number of benzene rings is 1. The third-order valence-corrected chi connectivity index (χ3v) is 1.69. The molecule has 0 N–H and O–H groups in total. The maximum atomic E-state index is 5.50. The topological polar surface area (TPSA) is 12.4 Å². The molecule has 0 radical (unpaired) electrons. The molecule has 0 aliphatic carbocycles. The Kier molecular flexibility index (Phi) is 3.60. The molecule has 0 aliphatic heterocycles. The zero-order valence-electron chi connectivity index (χ0n) is 6.97. The minimum absolute atomic E-state index is 0.775. The maximum absolute atomic E-state index is 5.50. The van der Waals surface area contributed by atoms with Crippen LogP contribution in [-0.4, -0.2) is 10.0 Å². The molecule has 0 heterocycles. The van der Waals surface area contributed by atoms with Crippen molar-refractivity contribution < 1.29 is 0 Å². The van der Waals surface area contributed by atoms with Gasteiger partial charge in [0.15, 0.2) is 0 Å². The van der Waals surface area contributed by atoms with Gasteiger partial charge in [-0.15, -0.1) is 0 Å². The molecule has 13 heavy (non-hydrogen) atoms. The van der Waals surface area contributed by atoms with E-state index < -0.39 is 3.79 Å². The van der Waals surface area contributed by atoms with E-state index in [4.69, 9.17) is 34.8 Å². The lowest BCUT2D eigenvalue weighted by Gasteiger charge is -2.01. The van der Waals surface area contributed by atoms with Gasteiger partial charge in [-0.2, -0.15) is 0 Å². The lowest BCUT2D eigenvalue weighted by atomic mass is 10.2. The Balaban J connectivity index is 2.75. The number of aryl methyl sites for hydroxylation is 1. The summed E-state index contributed by atoms with van der Waals surface area (Å²) >= 11 is 16.5. The molecular formula is C9H8Cl3N. The fourth-order valence-electron chi connectivity index (χ4n) is 0.779. The summed E-state index contributed by atoms with van der Waals surface area (Å²) < 4.78 is -1.43. The molecule has 1 aromatic carbocycles. The number of rotatable bonds is 1. The summed E-state index contributed by atoms with van der Waals surface area (Å²) in [6.07, 6.45) is 1.28. The van der Waals surface area contributed by atoms with Crippen LogP contribution in [0.25, 0.3) is 0 Å². The zero-order chi connectivity index (χ0) is 9.90. The van der Waals surface area contributed by atoms with Crippen molar-refractivity contribution >= 4 is 46.7 Å². The zero-order valence-corrected chi connectivity index (χ0v) is 9.24. The van der Waals surface area contributed by atoms with E-state index in [-0.39, 0.29) is 0 Å². The monoisotopic (exact) mass is 235 g/mol. The van der Waals surface area contributed by atoms with Crippen LogP contribution in [-0.2, 0) is 0 Å². The molecule has 4 heteroatoms. The van der Waals surface area contributed by atoms with Crippen molar-refractivity contribution in [1.29, 1.82) is 0 Å². The van der Waals surface area contributed by atoms with Gasteiger partial charge in [-0.05, 0) is 19.1 Å². The normalized spacial score (nSPS) is 12.3. The second-order valence-corrected chi connectivity index (χ2v) is 5.00. The van der Waals surface area contributed by atoms with Crippen LogP contribution in [0.2, 0.25) is 0 Å². The van der Waals surface area contributed by atoms with Gasteiger partial charge in [0.05, 0.1) is 11.9 Å². The van der Waals surface area contributed by atoms with Gasteiger partial charge >= 0.3 is 0 Å². The molecule has 0 aromatic heterocycles. The van der Waals surface area contributed by atoms with Gasteiger partial charge in [0.25, 0.3) is 0 Å². The predicted octanol–water partition coefficient (Wildman–Crippen LogP) is 4.07. The molecular weight excluding hydrogens is 228 g/mol. The van der Waals surface area contributed by atoms with Crippen molar-refractivity contribution in [3.05, 3.63) is 29.8 Å². The molecule has 0 unspecified atom stereocenters. The molecule has 70 valence electrons. The van der Waals surface area contributed by atoms with Crippen molar-refractivity contribution in [2.24, 2.45) is 4.99 Å². The fourth-order valence-corrected chi connectivity index (χ4v) is 0.925. The van der Waals surface area contributed by atoms with Crippen molar-refractivity contribution in [2.45, 2.75) is 10.7 Å². The molecule has 1 rings (SSSR count). The molecule has 0 bridgehead atoms. The SMILES string of the molecule is Cc1ccc(N=CC(Cl)(Cl)Cl)cc1. The summed E-state index contributed by atoms with van der Waals surface area (Å²) in [6, 6.07) is 7.63. The minimum atomic E-state index is -1.43. The Labute approximate surface area is 92.3 Å². The van der Waals surface area contributed by atoms with E-state index in [0.717, 1.165) is 5.69 Å². The summed E-state index contributed by atoms with van der Waals surface area (Å²) in [7, 11) is 0. The Bertz CT molecular complexity index is 298. The number of halogens is 3. The van der Waals surface area contributed by atoms with E-state index in [1.165, 1.54) is 11.8 Å². The molecule has 0 spiro atoms. The number of nitrogens with zero attached hydrogens (tertiary/aromatic N) is 1. The van der Waals surface area contributed by atoms with Gasteiger partial charge in [-0.25, -0.2) is 0 Å². The van der Waals surface area contributed by atoms with Gasteiger partial charge in [0, 0.05) is 0 Å². The summed E-state index contributed by atoms with van der Waals surface area (Å²) in [5.41, 5.74) is 1.95. The van der Waals surface area contributed by atoms with Gasteiger partial charge < -0.3 is 0 Å². The summed E-state index contributed by atoms with van der Waals surface area (Å²) in [5.74, 6) is 0. The van der Waals surface area contributed by atoms with Crippen LogP contribution < -0.4 is 0 Å². The van der Waals surface area contributed by atoms with E-state index in [9.17, 15) is 0 Å². The van der Waals surface area contributed by atoms with Crippen molar-refractivity contribution in [1.82, 2.24) is 0 Å². The van der Waals surface area contributed by atoms with Crippen LogP contribution in [0.5, 0.6) is 0 Å². The van der Waals surface area contributed by atoms with Crippen LogP contribution in [0.3, 0.4) is 0 Å². The number of hydrogen-bond acceptors (Lipinski definition) is 1. The third kappa shape index (κ3) is 4.51. The quantitative estimate of drug-likeness (QED) is 0.515. The highest BCUT2D eigenvalue weighted by atomic mass is 35.6. The second-order valence-electron chi connectivity index (χ2n) is 2.64. The average Bonchev–Trinajstić information content (AvgIpc) is 2.02.